The van der Waals surface area contributed by atoms with Gasteiger partial charge in [0, 0.05) is 17.8 Å². The normalized spacial score (nSPS) is 9.43. The maximum Gasteiger partial charge on any atom is 0.335 e. The molecule has 1 heterocycles. The van der Waals surface area contributed by atoms with E-state index in [0.29, 0.717) is 5.15 Å². The van der Waals surface area contributed by atoms with Crippen LogP contribution in [0.1, 0.15) is 16.1 Å². The highest BCUT2D eigenvalue weighted by Gasteiger charge is 2.09. The van der Waals surface area contributed by atoms with Crippen LogP contribution in [0, 0.1) is 17.0 Å². The number of nitrogens with zero attached hydrogens (tertiary/aromatic N) is 3. The van der Waals surface area contributed by atoms with Crippen molar-refractivity contribution in [2.75, 3.05) is 5.73 Å². The lowest BCUT2D eigenvalue weighted by molar-refractivity contribution is -0.384. The Bertz CT molecular complexity index is 598. The fraction of sp³-hybridized carbons (Fsp3) is 0.0833. The number of carbonyl (C=O) groups is 1. The van der Waals surface area contributed by atoms with E-state index in [0.717, 1.165) is 11.8 Å². The SMILES string of the molecule is Cc1cc(Cl)nc(N)n1.O=C(O)c1cccc([N+](=O)[O-])c1. The molecule has 2 rings (SSSR count). The van der Waals surface area contributed by atoms with Gasteiger partial charge in [-0.25, -0.2) is 14.8 Å². The van der Waals surface area contributed by atoms with Crippen molar-refractivity contribution in [1.82, 2.24) is 9.97 Å². The van der Waals surface area contributed by atoms with Gasteiger partial charge in [0.15, 0.2) is 0 Å². The molecular formula is C12H11ClN4O4. The molecule has 1 aromatic heterocycles. The van der Waals surface area contributed by atoms with E-state index in [1.54, 1.807) is 6.07 Å². The Hall–Kier alpha value is -2.74. The van der Waals surface area contributed by atoms with Crippen molar-refractivity contribution in [3.8, 4) is 0 Å². The minimum atomic E-state index is -1.17. The van der Waals surface area contributed by atoms with Gasteiger partial charge in [-0.15, -0.1) is 0 Å². The van der Waals surface area contributed by atoms with Crippen LogP contribution < -0.4 is 5.73 Å². The summed E-state index contributed by atoms with van der Waals surface area (Å²) in [7, 11) is 0. The van der Waals surface area contributed by atoms with Crippen LogP contribution in [0.25, 0.3) is 0 Å². The largest absolute Gasteiger partial charge is 0.478 e. The number of hydrogen-bond acceptors (Lipinski definition) is 6. The van der Waals surface area contributed by atoms with Crippen LogP contribution in [0.15, 0.2) is 30.3 Å². The summed E-state index contributed by atoms with van der Waals surface area (Å²) in [4.78, 5) is 27.4. The topological polar surface area (TPSA) is 132 Å². The van der Waals surface area contributed by atoms with Crippen LogP contribution in [0.5, 0.6) is 0 Å². The van der Waals surface area contributed by atoms with Gasteiger partial charge >= 0.3 is 5.97 Å². The number of non-ortho nitro benzene ring substituents is 1. The number of nitrogen functional groups attached to an aromatic ring is 1. The first kappa shape index (κ1) is 16.3. The number of aromatic carboxylic acids is 1. The molecule has 0 spiro atoms. The molecule has 1 aromatic carbocycles. The number of nitrogens with two attached hydrogens (primary N) is 1. The lowest BCUT2D eigenvalue weighted by atomic mass is 10.2. The highest BCUT2D eigenvalue weighted by atomic mass is 35.5. The summed E-state index contributed by atoms with van der Waals surface area (Å²) >= 11 is 5.52. The smallest absolute Gasteiger partial charge is 0.335 e. The van der Waals surface area contributed by atoms with Gasteiger partial charge in [-0.3, -0.25) is 10.1 Å². The fourth-order valence-electron chi connectivity index (χ4n) is 1.30. The summed E-state index contributed by atoms with van der Waals surface area (Å²) in [6.07, 6.45) is 0. The monoisotopic (exact) mass is 310 g/mol. The molecule has 0 saturated carbocycles. The highest BCUT2D eigenvalue weighted by molar-refractivity contribution is 6.29. The summed E-state index contributed by atoms with van der Waals surface area (Å²) in [5.74, 6) is -0.946. The zero-order valence-electron chi connectivity index (χ0n) is 10.9. The third kappa shape index (κ3) is 5.41. The molecule has 0 aliphatic rings. The molecule has 0 amide bonds. The average Bonchev–Trinajstić information content (AvgIpc) is 2.37. The fourth-order valence-corrected chi connectivity index (χ4v) is 1.55. The van der Waals surface area contributed by atoms with E-state index >= 15 is 0 Å². The van der Waals surface area contributed by atoms with Gasteiger partial charge in [-0.1, -0.05) is 17.7 Å². The minimum Gasteiger partial charge on any atom is -0.478 e. The molecule has 0 radical (unpaired) electrons. The molecule has 0 saturated heterocycles. The molecule has 0 aliphatic heterocycles. The van der Waals surface area contributed by atoms with Gasteiger partial charge in [0.05, 0.1) is 10.5 Å². The molecule has 0 fully saturated rings. The Labute approximate surface area is 124 Å². The van der Waals surface area contributed by atoms with E-state index < -0.39 is 10.9 Å². The molecule has 21 heavy (non-hydrogen) atoms. The van der Waals surface area contributed by atoms with Gasteiger partial charge in [-0.2, -0.15) is 0 Å². The maximum absolute atomic E-state index is 10.4. The van der Waals surface area contributed by atoms with Crippen molar-refractivity contribution in [3.63, 3.8) is 0 Å². The van der Waals surface area contributed by atoms with E-state index in [4.69, 9.17) is 22.4 Å². The predicted molar refractivity (Wildman–Crippen MR) is 76.2 cm³/mol. The number of hydrogen-bond donors (Lipinski definition) is 2. The quantitative estimate of drug-likeness (QED) is 0.494. The lowest BCUT2D eigenvalue weighted by Crippen LogP contribution is -1.97. The Morgan fingerprint density at radius 1 is 1.38 bits per heavy atom. The molecule has 8 nitrogen and oxygen atoms in total. The van der Waals surface area contributed by atoms with Crippen LogP contribution in [-0.4, -0.2) is 26.0 Å². The summed E-state index contributed by atoms with van der Waals surface area (Å²) < 4.78 is 0. The summed E-state index contributed by atoms with van der Waals surface area (Å²) in [6, 6.07) is 6.55. The molecule has 9 heteroatoms. The molecule has 0 atom stereocenters. The number of carboxylic acid groups (broad SMARTS) is 1. The predicted octanol–water partition coefficient (Wildman–Crippen LogP) is 2.31. The second-order valence-electron chi connectivity index (χ2n) is 3.80. The van der Waals surface area contributed by atoms with Gasteiger partial charge in [0.1, 0.15) is 5.15 Å². The number of carboxylic acids is 1. The summed E-state index contributed by atoms with van der Waals surface area (Å²) in [5.41, 5.74) is 5.75. The molecule has 3 N–H and O–H groups in total. The first-order valence-corrected chi connectivity index (χ1v) is 5.92. The van der Waals surface area contributed by atoms with Crippen molar-refractivity contribution in [1.29, 1.82) is 0 Å². The number of anilines is 1. The molecular weight excluding hydrogens is 300 g/mol. The van der Waals surface area contributed by atoms with Crippen LogP contribution in [0.2, 0.25) is 5.15 Å². The molecule has 110 valence electrons. The van der Waals surface area contributed by atoms with Crippen molar-refractivity contribution in [3.05, 3.63) is 56.9 Å². The number of halogens is 1. The first-order valence-electron chi connectivity index (χ1n) is 5.54. The number of nitro benzene ring substituents is 1. The number of aromatic nitrogens is 2. The second-order valence-corrected chi connectivity index (χ2v) is 4.19. The number of aryl methyl sites for hydroxylation is 1. The molecule has 0 unspecified atom stereocenters. The van der Waals surface area contributed by atoms with Crippen LogP contribution >= 0.6 is 11.6 Å². The van der Waals surface area contributed by atoms with Crippen LogP contribution in [0.3, 0.4) is 0 Å². The van der Waals surface area contributed by atoms with Gasteiger partial charge in [-0.05, 0) is 19.1 Å². The van der Waals surface area contributed by atoms with Gasteiger partial charge in [0.25, 0.3) is 5.69 Å². The van der Waals surface area contributed by atoms with E-state index in [-0.39, 0.29) is 17.2 Å². The summed E-state index contributed by atoms with van der Waals surface area (Å²) in [6.45, 7) is 1.81. The first-order chi connectivity index (χ1) is 9.79. The maximum atomic E-state index is 10.4. The highest BCUT2D eigenvalue weighted by Crippen LogP contribution is 2.12. The third-order valence-electron chi connectivity index (χ3n) is 2.14. The molecule has 0 aliphatic carbocycles. The number of rotatable bonds is 2. The molecule has 0 bridgehead atoms. The Morgan fingerprint density at radius 2 is 2.05 bits per heavy atom. The standard InChI is InChI=1S/C7H5NO4.C5H6ClN3/c9-7(10)5-2-1-3-6(4-5)8(11)12;1-3-2-4(6)9-5(7)8-3/h1-4H,(H,9,10);2H,1H3,(H2,7,8,9). The van der Waals surface area contributed by atoms with Crippen molar-refractivity contribution in [2.24, 2.45) is 0 Å². The van der Waals surface area contributed by atoms with E-state index in [1.807, 2.05) is 6.92 Å². The van der Waals surface area contributed by atoms with E-state index in [1.165, 1.54) is 18.2 Å². The van der Waals surface area contributed by atoms with E-state index in [2.05, 4.69) is 9.97 Å². The van der Waals surface area contributed by atoms with Gasteiger partial charge in [0.2, 0.25) is 5.95 Å². The van der Waals surface area contributed by atoms with Crippen molar-refractivity contribution in [2.45, 2.75) is 6.92 Å². The zero-order chi connectivity index (χ0) is 16.0. The summed E-state index contributed by atoms with van der Waals surface area (Å²) in [5, 5.41) is 19.0. The Morgan fingerprint density at radius 3 is 2.52 bits per heavy atom. The molecule has 2 aromatic rings. The van der Waals surface area contributed by atoms with Crippen LogP contribution in [-0.2, 0) is 0 Å². The minimum absolute atomic E-state index is 0.0794. The number of nitro groups is 1. The van der Waals surface area contributed by atoms with Crippen molar-refractivity contribution < 1.29 is 14.8 Å². The lowest BCUT2D eigenvalue weighted by Gasteiger charge is -1.93. The van der Waals surface area contributed by atoms with Crippen LogP contribution in [0.4, 0.5) is 11.6 Å². The van der Waals surface area contributed by atoms with Gasteiger partial charge < -0.3 is 10.8 Å². The Kier molecular flexibility index (Phi) is 5.56. The second kappa shape index (κ2) is 7.15. The van der Waals surface area contributed by atoms with Crippen molar-refractivity contribution >= 4 is 29.2 Å². The average molecular weight is 311 g/mol. The third-order valence-corrected chi connectivity index (χ3v) is 2.34. The number of benzene rings is 1. The Balaban J connectivity index is 0.000000219. The zero-order valence-corrected chi connectivity index (χ0v) is 11.6. The van der Waals surface area contributed by atoms with E-state index in [9.17, 15) is 14.9 Å².